The van der Waals surface area contributed by atoms with Crippen LogP contribution in [0.2, 0.25) is 10.0 Å². The second-order valence-electron chi connectivity index (χ2n) is 3.49. The molecule has 0 bridgehead atoms. The zero-order chi connectivity index (χ0) is 13.3. The van der Waals surface area contributed by atoms with Crippen molar-refractivity contribution in [1.29, 1.82) is 0 Å². The van der Waals surface area contributed by atoms with Gasteiger partial charge in [-0.1, -0.05) is 23.2 Å². The molecule has 0 heterocycles. The van der Waals surface area contributed by atoms with Crippen LogP contribution in [0.3, 0.4) is 0 Å². The summed E-state index contributed by atoms with van der Waals surface area (Å²) in [7, 11) is 0. The summed E-state index contributed by atoms with van der Waals surface area (Å²) in [6.07, 6.45) is 0. The predicted octanol–water partition coefficient (Wildman–Crippen LogP) is 4.65. The van der Waals surface area contributed by atoms with E-state index in [4.69, 9.17) is 33.7 Å². The monoisotopic (exact) mass is 289 g/mol. The minimum absolute atomic E-state index is 0.0282. The molecule has 0 saturated heterocycles. The van der Waals surface area contributed by atoms with Crippen LogP contribution in [0.4, 0.5) is 14.5 Å². The summed E-state index contributed by atoms with van der Waals surface area (Å²) >= 11 is 11.5. The Kier molecular flexibility index (Phi) is 3.59. The van der Waals surface area contributed by atoms with Crippen LogP contribution in [0.15, 0.2) is 30.3 Å². The van der Waals surface area contributed by atoms with Gasteiger partial charge in [0.2, 0.25) is 0 Å². The van der Waals surface area contributed by atoms with E-state index in [0.29, 0.717) is 5.02 Å². The third kappa shape index (κ3) is 2.66. The van der Waals surface area contributed by atoms with Gasteiger partial charge < -0.3 is 10.5 Å². The number of ether oxygens (including phenoxy) is 1. The van der Waals surface area contributed by atoms with Crippen molar-refractivity contribution in [2.75, 3.05) is 5.73 Å². The maximum atomic E-state index is 13.5. The van der Waals surface area contributed by atoms with Crippen LogP contribution < -0.4 is 10.5 Å². The van der Waals surface area contributed by atoms with Crippen molar-refractivity contribution in [2.45, 2.75) is 0 Å². The average molecular weight is 290 g/mol. The topological polar surface area (TPSA) is 35.2 Å². The molecule has 6 heteroatoms. The summed E-state index contributed by atoms with van der Waals surface area (Å²) in [4.78, 5) is 0. The number of benzene rings is 2. The minimum atomic E-state index is -0.904. The number of halogens is 4. The number of hydrogen-bond donors (Lipinski definition) is 1. The molecule has 2 aromatic carbocycles. The van der Waals surface area contributed by atoms with E-state index in [1.807, 2.05) is 0 Å². The normalized spacial score (nSPS) is 10.4. The molecule has 0 atom stereocenters. The maximum Gasteiger partial charge on any atom is 0.198 e. The molecule has 2 aromatic rings. The zero-order valence-corrected chi connectivity index (χ0v) is 10.4. The molecule has 0 fully saturated rings. The molecule has 18 heavy (non-hydrogen) atoms. The summed E-state index contributed by atoms with van der Waals surface area (Å²) in [6, 6.07) is 6.24. The van der Waals surface area contributed by atoms with Crippen LogP contribution in [-0.2, 0) is 0 Å². The van der Waals surface area contributed by atoms with Gasteiger partial charge >= 0.3 is 0 Å². The average Bonchev–Trinajstić information content (AvgIpc) is 2.25. The number of nitrogens with two attached hydrogens (primary N) is 1. The number of rotatable bonds is 2. The van der Waals surface area contributed by atoms with Crippen molar-refractivity contribution >= 4 is 28.9 Å². The first-order valence-electron chi connectivity index (χ1n) is 4.85. The highest BCUT2D eigenvalue weighted by molar-refractivity contribution is 6.35. The first-order chi connectivity index (χ1) is 8.47. The molecule has 0 unspecified atom stereocenters. The van der Waals surface area contributed by atoms with Crippen LogP contribution >= 0.6 is 23.2 Å². The van der Waals surface area contributed by atoms with E-state index in [9.17, 15) is 8.78 Å². The van der Waals surface area contributed by atoms with Crippen LogP contribution in [0.1, 0.15) is 0 Å². The molecule has 0 amide bonds. The highest BCUT2D eigenvalue weighted by Crippen LogP contribution is 2.34. The summed E-state index contributed by atoms with van der Waals surface area (Å²) < 4.78 is 32.1. The Bertz CT molecular complexity index is 582. The molecule has 2 nitrogen and oxygen atoms in total. The van der Waals surface area contributed by atoms with Gasteiger partial charge in [0, 0.05) is 22.8 Å². The Balaban J connectivity index is 2.40. The molecule has 0 aliphatic heterocycles. The Hall–Kier alpha value is -1.52. The van der Waals surface area contributed by atoms with Gasteiger partial charge in [0.05, 0.1) is 5.02 Å². The van der Waals surface area contributed by atoms with E-state index < -0.39 is 17.4 Å². The van der Waals surface area contributed by atoms with Gasteiger partial charge in [0.25, 0.3) is 0 Å². The molecule has 2 N–H and O–H groups in total. The summed E-state index contributed by atoms with van der Waals surface area (Å²) in [6.45, 7) is 0. The predicted molar refractivity (Wildman–Crippen MR) is 67.3 cm³/mol. The highest BCUT2D eigenvalue weighted by atomic mass is 35.5. The molecule has 0 aliphatic carbocycles. The second-order valence-corrected chi connectivity index (χ2v) is 4.33. The Morgan fingerprint density at radius 2 is 1.61 bits per heavy atom. The lowest BCUT2D eigenvalue weighted by molar-refractivity contribution is 0.408. The van der Waals surface area contributed by atoms with E-state index >= 15 is 0 Å². The molecular weight excluding hydrogens is 283 g/mol. The van der Waals surface area contributed by atoms with Gasteiger partial charge in [-0.05, 0) is 18.2 Å². The van der Waals surface area contributed by atoms with Gasteiger partial charge in [-0.25, -0.2) is 8.78 Å². The van der Waals surface area contributed by atoms with E-state index in [1.165, 1.54) is 18.2 Å². The fourth-order valence-corrected chi connectivity index (χ4v) is 1.79. The van der Waals surface area contributed by atoms with Gasteiger partial charge in [-0.3, -0.25) is 0 Å². The lowest BCUT2D eigenvalue weighted by Crippen LogP contribution is -1.96. The largest absolute Gasteiger partial charge is 0.450 e. The molecule has 0 radical (unpaired) electrons. The standard InChI is InChI=1S/C12H7Cl2F2NO/c13-6-1-2-11(8(14)3-6)18-12-9(15)4-7(17)5-10(12)16/h1-5H,17H2. The van der Waals surface area contributed by atoms with Crippen molar-refractivity contribution in [2.24, 2.45) is 0 Å². The minimum Gasteiger partial charge on any atom is -0.450 e. The number of nitrogen functional groups attached to an aromatic ring is 1. The molecule has 0 aromatic heterocycles. The summed E-state index contributed by atoms with van der Waals surface area (Å²) in [5.74, 6) is -2.27. The lowest BCUT2D eigenvalue weighted by Gasteiger charge is -2.10. The van der Waals surface area contributed by atoms with E-state index in [1.54, 1.807) is 0 Å². The summed E-state index contributed by atoms with van der Waals surface area (Å²) in [5, 5.41) is 0.545. The van der Waals surface area contributed by atoms with Crippen LogP contribution in [0, 0.1) is 11.6 Å². The Labute approximate surface area is 112 Å². The van der Waals surface area contributed by atoms with E-state index in [2.05, 4.69) is 0 Å². The molecule has 94 valence electrons. The van der Waals surface area contributed by atoms with Crippen LogP contribution in [0.5, 0.6) is 11.5 Å². The Morgan fingerprint density at radius 3 is 2.17 bits per heavy atom. The number of anilines is 1. The smallest absolute Gasteiger partial charge is 0.198 e. The lowest BCUT2D eigenvalue weighted by atomic mass is 10.2. The van der Waals surface area contributed by atoms with Crippen molar-refractivity contribution in [3.8, 4) is 11.5 Å². The van der Waals surface area contributed by atoms with Crippen LogP contribution in [-0.4, -0.2) is 0 Å². The SMILES string of the molecule is Nc1cc(F)c(Oc2ccc(Cl)cc2Cl)c(F)c1. The first-order valence-corrected chi connectivity index (χ1v) is 5.60. The number of hydrogen-bond acceptors (Lipinski definition) is 2. The van der Waals surface area contributed by atoms with Gasteiger partial charge in [0.1, 0.15) is 5.75 Å². The fourth-order valence-electron chi connectivity index (χ4n) is 1.34. The molecule has 0 saturated carbocycles. The van der Waals surface area contributed by atoms with Gasteiger partial charge in [0.15, 0.2) is 17.4 Å². The Morgan fingerprint density at radius 1 is 1.00 bits per heavy atom. The zero-order valence-electron chi connectivity index (χ0n) is 8.88. The third-order valence-corrected chi connectivity index (χ3v) is 2.66. The van der Waals surface area contributed by atoms with Crippen molar-refractivity contribution in [3.63, 3.8) is 0 Å². The molecule has 2 rings (SSSR count). The molecule has 0 aliphatic rings. The van der Waals surface area contributed by atoms with Crippen molar-refractivity contribution in [1.82, 2.24) is 0 Å². The quantitative estimate of drug-likeness (QED) is 0.817. The van der Waals surface area contributed by atoms with E-state index in [0.717, 1.165) is 12.1 Å². The maximum absolute atomic E-state index is 13.5. The fraction of sp³-hybridized carbons (Fsp3) is 0. The van der Waals surface area contributed by atoms with Crippen molar-refractivity contribution < 1.29 is 13.5 Å². The van der Waals surface area contributed by atoms with Gasteiger partial charge in [-0.15, -0.1) is 0 Å². The third-order valence-electron chi connectivity index (χ3n) is 2.13. The van der Waals surface area contributed by atoms with Crippen LogP contribution in [0.25, 0.3) is 0 Å². The first kappa shape index (κ1) is 12.9. The highest BCUT2D eigenvalue weighted by Gasteiger charge is 2.14. The molecule has 0 spiro atoms. The second kappa shape index (κ2) is 5.00. The molecular formula is C12H7Cl2F2NO. The van der Waals surface area contributed by atoms with Gasteiger partial charge in [-0.2, -0.15) is 0 Å². The van der Waals surface area contributed by atoms with E-state index in [-0.39, 0.29) is 16.5 Å². The summed E-state index contributed by atoms with van der Waals surface area (Å²) in [5.41, 5.74) is 5.26. The van der Waals surface area contributed by atoms with Crippen molar-refractivity contribution in [3.05, 3.63) is 52.0 Å².